The molecule has 0 unspecified atom stereocenters. The number of ether oxygens (including phenoxy) is 1. The maximum atomic E-state index is 13.0. The number of benzene rings is 2. The van der Waals surface area contributed by atoms with E-state index < -0.39 is 18.0 Å². The van der Waals surface area contributed by atoms with Gasteiger partial charge in [0.1, 0.15) is 5.82 Å². The molecule has 2 N–H and O–H groups in total. The van der Waals surface area contributed by atoms with Crippen LogP contribution < -0.4 is 10.6 Å². The quantitative estimate of drug-likeness (QED) is 0.717. The summed E-state index contributed by atoms with van der Waals surface area (Å²) >= 11 is 0. The van der Waals surface area contributed by atoms with Crippen LogP contribution in [-0.4, -0.2) is 23.9 Å². The average Bonchev–Trinajstić information content (AvgIpc) is 2.67. The normalized spacial score (nSPS) is 12.6. The van der Waals surface area contributed by atoms with E-state index in [-0.39, 0.29) is 17.8 Å². The van der Waals surface area contributed by atoms with Crippen LogP contribution in [0.4, 0.5) is 4.39 Å². The molecule has 7 heteroatoms. The van der Waals surface area contributed by atoms with Gasteiger partial charge in [0, 0.05) is 13.5 Å². The second-order valence-electron chi connectivity index (χ2n) is 6.44. The molecule has 2 atom stereocenters. The minimum Gasteiger partial charge on any atom is -0.449 e. The van der Waals surface area contributed by atoms with E-state index in [1.807, 2.05) is 0 Å². The first-order valence-corrected chi connectivity index (χ1v) is 8.86. The van der Waals surface area contributed by atoms with Crippen LogP contribution in [0.15, 0.2) is 48.5 Å². The van der Waals surface area contributed by atoms with Crippen LogP contribution in [0.3, 0.4) is 0 Å². The molecule has 28 heavy (non-hydrogen) atoms. The second-order valence-corrected chi connectivity index (χ2v) is 6.44. The van der Waals surface area contributed by atoms with E-state index in [0.29, 0.717) is 12.1 Å². The Morgan fingerprint density at radius 1 is 1.00 bits per heavy atom. The Kier molecular flexibility index (Phi) is 7.26. The van der Waals surface area contributed by atoms with Gasteiger partial charge in [0.05, 0.1) is 11.6 Å². The summed E-state index contributed by atoms with van der Waals surface area (Å²) in [6, 6.07) is 12.0. The molecule has 0 spiro atoms. The van der Waals surface area contributed by atoms with Crippen molar-refractivity contribution in [1.82, 2.24) is 10.6 Å². The molecular formula is C21H23FN2O4. The molecule has 0 bridgehead atoms. The summed E-state index contributed by atoms with van der Waals surface area (Å²) in [6.07, 6.45) is -0.991. The van der Waals surface area contributed by atoms with E-state index in [2.05, 4.69) is 10.6 Å². The lowest BCUT2D eigenvalue weighted by molar-refractivity contribution is -0.129. The molecule has 0 fully saturated rings. The fraction of sp³-hybridized carbons (Fsp3) is 0.286. The van der Waals surface area contributed by atoms with Gasteiger partial charge in [-0.15, -0.1) is 0 Å². The zero-order valence-corrected chi connectivity index (χ0v) is 16.0. The van der Waals surface area contributed by atoms with Gasteiger partial charge in [0.25, 0.3) is 5.91 Å². The number of rotatable bonds is 7. The van der Waals surface area contributed by atoms with Crippen LogP contribution in [-0.2, 0) is 20.9 Å². The van der Waals surface area contributed by atoms with Crippen LogP contribution in [0.5, 0.6) is 0 Å². The molecule has 0 saturated carbocycles. The molecular weight excluding hydrogens is 363 g/mol. The predicted molar refractivity (Wildman–Crippen MR) is 102 cm³/mol. The van der Waals surface area contributed by atoms with Crippen LogP contribution >= 0.6 is 0 Å². The largest absolute Gasteiger partial charge is 0.449 e. The van der Waals surface area contributed by atoms with E-state index in [1.165, 1.54) is 26.0 Å². The molecule has 0 aliphatic heterocycles. The molecule has 6 nitrogen and oxygen atoms in total. The van der Waals surface area contributed by atoms with E-state index in [1.54, 1.807) is 43.3 Å². The zero-order chi connectivity index (χ0) is 20.7. The number of carbonyl (C=O) groups excluding carboxylic acids is 3. The van der Waals surface area contributed by atoms with Crippen molar-refractivity contribution in [2.24, 2.45) is 0 Å². The van der Waals surface area contributed by atoms with Crippen LogP contribution in [0.1, 0.15) is 48.3 Å². The van der Waals surface area contributed by atoms with Gasteiger partial charge >= 0.3 is 5.97 Å². The monoisotopic (exact) mass is 386 g/mol. The van der Waals surface area contributed by atoms with Crippen molar-refractivity contribution in [3.05, 3.63) is 71.0 Å². The van der Waals surface area contributed by atoms with Crippen molar-refractivity contribution in [3.8, 4) is 0 Å². The van der Waals surface area contributed by atoms with Gasteiger partial charge in [-0.25, -0.2) is 9.18 Å². The fourth-order valence-electron chi connectivity index (χ4n) is 2.43. The highest BCUT2D eigenvalue weighted by molar-refractivity contribution is 5.92. The first kappa shape index (κ1) is 21.1. The first-order valence-electron chi connectivity index (χ1n) is 8.86. The maximum Gasteiger partial charge on any atom is 0.338 e. The Labute approximate surface area is 163 Å². The highest BCUT2D eigenvalue weighted by Gasteiger charge is 2.21. The van der Waals surface area contributed by atoms with Gasteiger partial charge in [-0.1, -0.05) is 24.3 Å². The molecule has 2 rings (SSSR count). The molecule has 0 aliphatic carbocycles. The Morgan fingerprint density at radius 3 is 2.18 bits per heavy atom. The van der Waals surface area contributed by atoms with E-state index in [4.69, 9.17) is 4.74 Å². The average molecular weight is 386 g/mol. The first-order chi connectivity index (χ1) is 13.3. The standard InChI is InChI=1S/C21H23FN2O4/c1-13(17-8-10-19(22)11-9-17)24-20(26)14(2)28-21(27)18-6-4-16(5-7-18)12-23-15(3)25/h4-11,13-14H,12H2,1-3H3,(H,23,25)(H,24,26)/t13-,14-/m0/s1. The number of nitrogens with one attached hydrogen (secondary N) is 2. The SMILES string of the molecule is CC(=O)NCc1ccc(C(=O)O[C@@H](C)C(=O)N[C@@H](C)c2ccc(F)cc2)cc1. The van der Waals surface area contributed by atoms with Crippen molar-refractivity contribution in [2.75, 3.05) is 0 Å². The third kappa shape index (κ3) is 6.19. The van der Waals surface area contributed by atoms with Gasteiger partial charge < -0.3 is 15.4 Å². The summed E-state index contributed by atoms with van der Waals surface area (Å²) in [6.45, 7) is 5.03. The fourth-order valence-corrected chi connectivity index (χ4v) is 2.43. The maximum absolute atomic E-state index is 13.0. The van der Waals surface area contributed by atoms with Crippen molar-refractivity contribution < 1.29 is 23.5 Å². The molecule has 2 aromatic rings. The number of amides is 2. The number of carbonyl (C=O) groups is 3. The third-order valence-electron chi connectivity index (χ3n) is 4.11. The Balaban J connectivity index is 1.89. The lowest BCUT2D eigenvalue weighted by atomic mass is 10.1. The minimum atomic E-state index is -0.991. The molecule has 2 aromatic carbocycles. The number of hydrogen-bond donors (Lipinski definition) is 2. The Morgan fingerprint density at radius 2 is 1.61 bits per heavy atom. The number of esters is 1. The van der Waals surface area contributed by atoms with Crippen molar-refractivity contribution in [1.29, 1.82) is 0 Å². The van der Waals surface area contributed by atoms with Crippen molar-refractivity contribution in [2.45, 2.75) is 39.5 Å². The smallest absolute Gasteiger partial charge is 0.338 e. The lowest BCUT2D eigenvalue weighted by Gasteiger charge is -2.18. The second kappa shape index (κ2) is 9.64. The van der Waals surface area contributed by atoms with Gasteiger partial charge in [-0.2, -0.15) is 0 Å². The van der Waals surface area contributed by atoms with Gasteiger partial charge in [-0.3, -0.25) is 9.59 Å². The molecule has 0 aromatic heterocycles. The van der Waals surface area contributed by atoms with E-state index >= 15 is 0 Å². The Bertz CT molecular complexity index is 834. The predicted octanol–water partition coefficient (Wildman–Crippen LogP) is 2.88. The summed E-state index contributed by atoms with van der Waals surface area (Å²) in [5, 5.41) is 5.39. The number of hydrogen-bond acceptors (Lipinski definition) is 4. The summed E-state index contributed by atoms with van der Waals surface area (Å²) in [7, 11) is 0. The highest BCUT2D eigenvalue weighted by Crippen LogP contribution is 2.14. The lowest BCUT2D eigenvalue weighted by Crippen LogP contribution is -2.37. The zero-order valence-electron chi connectivity index (χ0n) is 16.0. The highest BCUT2D eigenvalue weighted by atomic mass is 19.1. The summed E-state index contributed by atoms with van der Waals surface area (Å²) < 4.78 is 18.2. The summed E-state index contributed by atoms with van der Waals surface area (Å²) in [4.78, 5) is 35.4. The molecule has 2 amide bonds. The minimum absolute atomic E-state index is 0.141. The van der Waals surface area contributed by atoms with Crippen LogP contribution in [0.2, 0.25) is 0 Å². The molecule has 0 radical (unpaired) electrons. The molecule has 0 aliphatic rings. The van der Waals surface area contributed by atoms with Gasteiger partial charge in [0.15, 0.2) is 6.10 Å². The van der Waals surface area contributed by atoms with Gasteiger partial charge in [-0.05, 0) is 49.2 Å². The van der Waals surface area contributed by atoms with E-state index in [0.717, 1.165) is 11.1 Å². The topological polar surface area (TPSA) is 84.5 Å². The van der Waals surface area contributed by atoms with E-state index in [9.17, 15) is 18.8 Å². The van der Waals surface area contributed by atoms with Crippen LogP contribution in [0.25, 0.3) is 0 Å². The Hall–Kier alpha value is -3.22. The molecule has 148 valence electrons. The third-order valence-corrected chi connectivity index (χ3v) is 4.11. The number of halogens is 1. The molecule has 0 heterocycles. The van der Waals surface area contributed by atoms with Gasteiger partial charge in [0.2, 0.25) is 5.91 Å². The van der Waals surface area contributed by atoms with Crippen molar-refractivity contribution >= 4 is 17.8 Å². The summed E-state index contributed by atoms with van der Waals surface area (Å²) in [5.74, 6) is -1.57. The van der Waals surface area contributed by atoms with Crippen LogP contribution in [0, 0.1) is 5.82 Å². The summed E-state index contributed by atoms with van der Waals surface area (Å²) in [5.41, 5.74) is 1.88. The van der Waals surface area contributed by atoms with Crippen molar-refractivity contribution in [3.63, 3.8) is 0 Å². The molecule has 0 saturated heterocycles.